The van der Waals surface area contributed by atoms with Crippen molar-refractivity contribution >= 4 is 27.8 Å². The second-order valence-electron chi connectivity index (χ2n) is 8.32. The number of benzene rings is 1. The van der Waals surface area contributed by atoms with Gasteiger partial charge in [0.15, 0.2) is 17.3 Å². The Hall–Kier alpha value is -4.60. The van der Waals surface area contributed by atoms with Crippen LogP contribution in [0.25, 0.3) is 50.4 Å². The molecule has 0 radical (unpaired) electrons. The van der Waals surface area contributed by atoms with Gasteiger partial charge < -0.3 is 14.5 Å². The third-order valence-corrected chi connectivity index (χ3v) is 5.78. The van der Waals surface area contributed by atoms with Crippen molar-refractivity contribution in [3.63, 3.8) is 0 Å². The predicted molar refractivity (Wildman–Crippen MR) is 128 cm³/mol. The molecule has 168 valence electrons. The van der Waals surface area contributed by atoms with Crippen molar-refractivity contribution in [2.24, 2.45) is 0 Å². The number of hydrogen-bond acceptors (Lipinski definition) is 6. The lowest BCUT2D eigenvalue weighted by molar-refractivity contribution is 0.636. The number of rotatable bonds is 4. The highest BCUT2D eigenvalue weighted by atomic mass is 19.1. The first kappa shape index (κ1) is 20.0. The lowest BCUT2D eigenvalue weighted by Gasteiger charge is -2.13. The first-order chi connectivity index (χ1) is 16.5. The molecule has 0 spiro atoms. The van der Waals surface area contributed by atoms with Crippen LogP contribution in [0.1, 0.15) is 5.69 Å². The molecule has 0 fully saturated rings. The summed E-state index contributed by atoms with van der Waals surface area (Å²) in [4.78, 5) is 23.0. The minimum atomic E-state index is -0.422. The van der Waals surface area contributed by atoms with E-state index in [0.717, 1.165) is 28.1 Å². The molecule has 0 saturated heterocycles. The van der Waals surface area contributed by atoms with E-state index < -0.39 is 5.82 Å². The van der Waals surface area contributed by atoms with Crippen LogP contribution in [-0.2, 0) is 0 Å². The SMILES string of the molecule is Cc1cn(-c2ccnc3nc(-c4[nH]nc5c(F)cc(-c6cncc(N(C)C)c6)cc45)[nH]c23)cn1. The third kappa shape index (κ3) is 3.19. The molecule has 5 heterocycles. The summed E-state index contributed by atoms with van der Waals surface area (Å²) < 4.78 is 17.0. The summed E-state index contributed by atoms with van der Waals surface area (Å²) in [6, 6.07) is 7.23. The van der Waals surface area contributed by atoms with Crippen molar-refractivity contribution < 1.29 is 4.39 Å². The first-order valence-corrected chi connectivity index (χ1v) is 10.6. The zero-order chi connectivity index (χ0) is 23.4. The van der Waals surface area contributed by atoms with E-state index in [1.54, 1.807) is 24.9 Å². The summed E-state index contributed by atoms with van der Waals surface area (Å²) >= 11 is 0. The van der Waals surface area contributed by atoms with Crippen LogP contribution in [0, 0.1) is 12.7 Å². The molecule has 0 unspecified atom stereocenters. The van der Waals surface area contributed by atoms with Crippen molar-refractivity contribution in [2.45, 2.75) is 6.92 Å². The minimum absolute atomic E-state index is 0.245. The number of nitrogens with one attached hydrogen (secondary N) is 2. The van der Waals surface area contributed by atoms with E-state index in [0.29, 0.717) is 28.1 Å². The zero-order valence-corrected chi connectivity index (χ0v) is 18.7. The van der Waals surface area contributed by atoms with E-state index in [-0.39, 0.29) is 5.52 Å². The second kappa shape index (κ2) is 7.48. The fourth-order valence-electron chi connectivity index (χ4n) is 4.04. The minimum Gasteiger partial charge on any atom is -0.376 e. The standard InChI is InChI=1S/C24H20FN9/c1-13-11-34(12-28-13)19-4-5-27-23-22(19)29-24(30-23)21-17-7-14(8-18(25)20(17)31-32-21)15-6-16(33(2)3)10-26-9-15/h4-12H,1-3H3,(H,31,32)(H,27,29,30). The van der Waals surface area contributed by atoms with Crippen LogP contribution in [0.15, 0.2) is 55.4 Å². The van der Waals surface area contributed by atoms with E-state index in [4.69, 9.17) is 0 Å². The van der Waals surface area contributed by atoms with Crippen molar-refractivity contribution in [3.8, 4) is 28.3 Å². The molecule has 0 aliphatic heterocycles. The quantitative estimate of drug-likeness (QED) is 0.413. The lowest BCUT2D eigenvalue weighted by atomic mass is 10.0. The van der Waals surface area contributed by atoms with Gasteiger partial charge in [-0.3, -0.25) is 10.1 Å². The van der Waals surface area contributed by atoms with Crippen LogP contribution in [0.5, 0.6) is 0 Å². The summed E-state index contributed by atoms with van der Waals surface area (Å²) in [6.07, 6.45) is 8.86. The summed E-state index contributed by atoms with van der Waals surface area (Å²) in [5, 5.41) is 7.77. The van der Waals surface area contributed by atoms with E-state index in [1.807, 2.05) is 54.9 Å². The Labute approximate surface area is 193 Å². The Morgan fingerprint density at radius 3 is 2.74 bits per heavy atom. The number of hydrogen-bond donors (Lipinski definition) is 2. The molecule has 2 N–H and O–H groups in total. The van der Waals surface area contributed by atoms with Crippen LogP contribution >= 0.6 is 0 Å². The molecule has 0 saturated carbocycles. The largest absolute Gasteiger partial charge is 0.376 e. The summed E-state index contributed by atoms with van der Waals surface area (Å²) in [7, 11) is 3.88. The number of aryl methyl sites for hydroxylation is 1. The molecule has 0 atom stereocenters. The predicted octanol–water partition coefficient (Wildman–Crippen LogP) is 4.26. The molecule has 0 bridgehead atoms. The monoisotopic (exact) mass is 453 g/mol. The van der Waals surface area contributed by atoms with Gasteiger partial charge in [0.1, 0.15) is 16.7 Å². The topological polar surface area (TPSA) is 104 Å². The third-order valence-electron chi connectivity index (χ3n) is 5.78. The van der Waals surface area contributed by atoms with Crippen molar-refractivity contribution in [2.75, 3.05) is 19.0 Å². The molecule has 0 aliphatic carbocycles. The normalized spacial score (nSPS) is 11.5. The van der Waals surface area contributed by atoms with E-state index in [2.05, 4.69) is 35.1 Å². The van der Waals surface area contributed by atoms with Gasteiger partial charge >= 0.3 is 0 Å². The van der Waals surface area contributed by atoms with Gasteiger partial charge in [0.2, 0.25) is 0 Å². The molecule has 6 aromatic rings. The lowest BCUT2D eigenvalue weighted by Crippen LogP contribution is -2.08. The first-order valence-electron chi connectivity index (χ1n) is 10.6. The maximum Gasteiger partial charge on any atom is 0.180 e. The number of aromatic nitrogens is 8. The van der Waals surface area contributed by atoms with Gasteiger partial charge in [-0.25, -0.2) is 19.3 Å². The summed E-state index contributed by atoms with van der Waals surface area (Å²) in [5.74, 6) is 0.0973. The summed E-state index contributed by atoms with van der Waals surface area (Å²) in [5.41, 5.74) is 6.32. The zero-order valence-electron chi connectivity index (χ0n) is 18.7. The average Bonchev–Trinajstić information content (AvgIpc) is 3.56. The highest BCUT2D eigenvalue weighted by Crippen LogP contribution is 2.33. The van der Waals surface area contributed by atoms with Gasteiger partial charge in [0, 0.05) is 43.6 Å². The van der Waals surface area contributed by atoms with Crippen molar-refractivity contribution in [1.82, 2.24) is 39.7 Å². The molecule has 6 rings (SSSR count). The maximum atomic E-state index is 15.0. The van der Waals surface area contributed by atoms with Crippen molar-refractivity contribution in [3.05, 3.63) is 66.9 Å². The van der Waals surface area contributed by atoms with Gasteiger partial charge in [0.05, 0.1) is 29.6 Å². The molecular weight excluding hydrogens is 433 g/mol. The fourth-order valence-corrected chi connectivity index (χ4v) is 4.04. The molecule has 0 amide bonds. The Kier molecular flexibility index (Phi) is 4.41. The molecule has 0 aliphatic rings. The van der Waals surface area contributed by atoms with Gasteiger partial charge in [-0.05, 0) is 36.8 Å². The smallest absolute Gasteiger partial charge is 0.180 e. The van der Waals surface area contributed by atoms with E-state index in [1.165, 1.54) is 6.07 Å². The Bertz CT molecular complexity index is 1680. The molecule has 1 aromatic carbocycles. The van der Waals surface area contributed by atoms with Gasteiger partial charge in [0.25, 0.3) is 0 Å². The van der Waals surface area contributed by atoms with Crippen LogP contribution in [0.4, 0.5) is 10.1 Å². The van der Waals surface area contributed by atoms with Gasteiger partial charge in [-0.15, -0.1) is 0 Å². The average molecular weight is 453 g/mol. The summed E-state index contributed by atoms with van der Waals surface area (Å²) in [6.45, 7) is 1.93. The van der Waals surface area contributed by atoms with Crippen LogP contribution in [0.2, 0.25) is 0 Å². The van der Waals surface area contributed by atoms with Crippen LogP contribution < -0.4 is 4.90 Å². The van der Waals surface area contributed by atoms with Crippen LogP contribution in [0.3, 0.4) is 0 Å². The number of H-pyrrole nitrogens is 2. The molecular formula is C24H20FN9. The second-order valence-corrected chi connectivity index (χ2v) is 8.32. The number of pyridine rings is 2. The molecule has 34 heavy (non-hydrogen) atoms. The number of imidazole rings is 2. The highest BCUT2D eigenvalue weighted by molar-refractivity contribution is 5.96. The number of fused-ring (bicyclic) bond motifs is 2. The number of aromatic amines is 2. The molecule has 9 nitrogen and oxygen atoms in total. The van der Waals surface area contributed by atoms with E-state index >= 15 is 4.39 Å². The number of halogens is 1. The van der Waals surface area contributed by atoms with Crippen molar-refractivity contribution in [1.29, 1.82) is 0 Å². The van der Waals surface area contributed by atoms with E-state index in [9.17, 15) is 0 Å². The number of anilines is 1. The Balaban J connectivity index is 1.51. The maximum absolute atomic E-state index is 15.0. The van der Waals surface area contributed by atoms with Crippen LogP contribution in [-0.4, -0.2) is 53.8 Å². The fraction of sp³-hybridized carbons (Fsp3) is 0.125. The van der Waals surface area contributed by atoms with Gasteiger partial charge in [-0.1, -0.05) is 0 Å². The van der Waals surface area contributed by atoms with Gasteiger partial charge in [-0.2, -0.15) is 5.10 Å². The molecule has 5 aromatic heterocycles. The highest BCUT2D eigenvalue weighted by Gasteiger charge is 2.18. The Morgan fingerprint density at radius 2 is 1.94 bits per heavy atom. The Morgan fingerprint density at radius 1 is 1.06 bits per heavy atom. The number of nitrogens with zero attached hydrogens (tertiary/aromatic N) is 7. The molecule has 10 heteroatoms.